The molecule has 1 saturated heterocycles. The van der Waals surface area contributed by atoms with E-state index in [2.05, 4.69) is 30.7 Å². The van der Waals surface area contributed by atoms with Gasteiger partial charge < -0.3 is 20.1 Å². The topological polar surface area (TPSA) is 96.2 Å². The second-order valence-corrected chi connectivity index (χ2v) is 7.00. The number of aryl methyl sites for hydroxylation is 3. The molecule has 0 bridgehead atoms. The SMILES string of the molecule is Cc1cc(N2CCCCC2)nc(NCCNC(=O)Cc2c(C)noc2C)n1. The molecule has 8 nitrogen and oxygen atoms in total. The summed E-state index contributed by atoms with van der Waals surface area (Å²) in [5, 5.41) is 9.98. The van der Waals surface area contributed by atoms with Crippen LogP contribution in [0.1, 0.15) is 42.0 Å². The Hall–Kier alpha value is -2.64. The monoisotopic (exact) mass is 372 g/mol. The van der Waals surface area contributed by atoms with Crippen LogP contribution in [0.15, 0.2) is 10.6 Å². The summed E-state index contributed by atoms with van der Waals surface area (Å²) in [6, 6.07) is 2.03. The lowest BCUT2D eigenvalue weighted by atomic mass is 10.1. The molecular formula is C19H28N6O2. The zero-order valence-electron chi connectivity index (χ0n) is 16.3. The molecule has 2 aromatic heterocycles. The van der Waals surface area contributed by atoms with Crippen LogP contribution in [-0.4, -0.2) is 47.2 Å². The molecule has 0 radical (unpaired) electrons. The van der Waals surface area contributed by atoms with Crippen LogP contribution in [0.2, 0.25) is 0 Å². The summed E-state index contributed by atoms with van der Waals surface area (Å²) in [5.74, 6) is 2.23. The number of piperidine rings is 1. The van der Waals surface area contributed by atoms with Gasteiger partial charge in [0.1, 0.15) is 11.6 Å². The Kier molecular flexibility index (Phi) is 6.26. The minimum atomic E-state index is -0.0506. The van der Waals surface area contributed by atoms with Gasteiger partial charge in [0.05, 0.1) is 12.1 Å². The molecule has 0 saturated carbocycles. The average molecular weight is 372 g/mol. The zero-order valence-corrected chi connectivity index (χ0v) is 16.3. The van der Waals surface area contributed by atoms with Gasteiger partial charge in [-0.1, -0.05) is 5.16 Å². The first kappa shape index (κ1) is 19.1. The number of aromatic nitrogens is 3. The third-order valence-corrected chi connectivity index (χ3v) is 4.77. The van der Waals surface area contributed by atoms with Crippen molar-refractivity contribution in [3.05, 3.63) is 28.8 Å². The molecule has 146 valence electrons. The number of rotatable bonds is 7. The summed E-state index contributed by atoms with van der Waals surface area (Å²) < 4.78 is 5.09. The summed E-state index contributed by atoms with van der Waals surface area (Å²) in [4.78, 5) is 23.5. The van der Waals surface area contributed by atoms with Crippen LogP contribution in [0.5, 0.6) is 0 Å². The third kappa shape index (κ3) is 5.18. The number of hydrogen-bond acceptors (Lipinski definition) is 7. The first-order valence-corrected chi connectivity index (χ1v) is 9.56. The van der Waals surface area contributed by atoms with Gasteiger partial charge in [-0.15, -0.1) is 0 Å². The summed E-state index contributed by atoms with van der Waals surface area (Å²) in [7, 11) is 0. The van der Waals surface area contributed by atoms with Crippen molar-refractivity contribution in [2.75, 3.05) is 36.4 Å². The molecular weight excluding hydrogens is 344 g/mol. The number of nitrogens with zero attached hydrogens (tertiary/aromatic N) is 4. The van der Waals surface area contributed by atoms with E-state index in [1.54, 1.807) is 0 Å². The van der Waals surface area contributed by atoms with Gasteiger partial charge in [-0.3, -0.25) is 4.79 Å². The lowest BCUT2D eigenvalue weighted by Gasteiger charge is -2.28. The van der Waals surface area contributed by atoms with Crippen LogP contribution < -0.4 is 15.5 Å². The first-order chi connectivity index (χ1) is 13.0. The van der Waals surface area contributed by atoms with Crippen LogP contribution in [0.25, 0.3) is 0 Å². The fourth-order valence-electron chi connectivity index (χ4n) is 3.27. The molecule has 0 unspecified atom stereocenters. The van der Waals surface area contributed by atoms with E-state index in [9.17, 15) is 4.79 Å². The molecule has 0 atom stereocenters. The molecule has 27 heavy (non-hydrogen) atoms. The average Bonchev–Trinajstić information content (AvgIpc) is 2.97. The molecule has 1 amide bonds. The van der Waals surface area contributed by atoms with Crippen molar-refractivity contribution in [1.29, 1.82) is 0 Å². The molecule has 3 heterocycles. The van der Waals surface area contributed by atoms with E-state index in [4.69, 9.17) is 4.52 Å². The van der Waals surface area contributed by atoms with E-state index in [1.807, 2.05) is 26.8 Å². The minimum Gasteiger partial charge on any atom is -0.361 e. The predicted octanol–water partition coefficient (Wildman–Crippen LogP) is 2.15. The van der Waals surface area contributed by atoms with Crippen LogP contribution in [-0.2, 0) is 11.2 Å². The minimum absolute atomic E-state index is 0.0506. The van der Waals surface area contributed by atoms with Gasteiger partial charge in [-0.2, -0.15) is 4.98 Å². The van der Waals surface area contributed by atoms with Gasteiger partial charge >= 0.3 is 0 Å². The van der Waals surface area contributed by atoms with E-state index in [0.717, 1.165) is 35.9 Å². The number of carbonyl (C=O) groups excluding carboxylic acids is 1. The zero-order chi connectivity index (χ0) is 19.2. The summed E-state index contributed by atoms with van der Waals surface area (Å²) in [6.45, 7) is 8.80. The molecule has 2 N–H and O–H groups in total. The Labute approximate surface area is 159 Å². The van der Waals surface area contributed by atoms with E-state index in [-0.39, 0.29) is 12.3 Å². The molecule has 0 aliphatic carbocycles. The maximum atomic E-state index is 12.1. The van der Waals surface area contributed by atoms with E-state index >= 15 is 0 Å². The second-order valence-electron chi connectivity index (χ2n) is 7.00. The van der Waals surface area contributed by atoms with Gasteiger partial charge in [0.15, 0.2) is 0 Å². The van der Waals surface area contributed by atoms with Gasteiger partial charge in [0, 0.05) is 43.5 Å². The van der Waals surface area contributed by atoms with Crippen molar-refractivity contribution < 1.29 is 9.32 Å². The second kappa shape index (κ2) is 8.83. The molecule has 1 fully saturated rings. The molecule has 8 heteroatoms. The van der Waals surface area contributed by atoms with E-state index in [0.29, 0.717) is 24.8 Å². The lowest BCUT2D eigenvalue weighted by Crippen LogP contribution is -2.31. The number of nitrogens with one attached hydrogen (secondary N) is 2. The van der Waals surface area contributed by atoms with Gasteiger partial charge in [0.2, 0.25) is 11.9 Å². The molecule has 1 aliphatic heterocycles. The third-order valence-electron chi connectivity index (χ3n) is 4.77. The quantitative estimate of drug-likeness (QED) is 0.719. The van der Waals surface area contributed by atoms with Crippen LogP contribution >= 0.6 is 0 Å². The Bertz CT molecular complexity index is 763. The fourth-order valence-corrected chi connectivity index (χ4v) is 3.27. The highest BCUT2D eigenvalue weighted by Gasteiger charge is 2.14. The number of amides is 1. The predicted molar refractivity (Wildman–Crippen MR) is 104 cm³/mol. The van der Waals surface area contributed by atoms with Crippen molar-refractivity contribution in [3.8, 4) is 0 Å². The normalized spacial score (nSPS) is 14.3. The Balaban J connectivity index is 1.47. The maximum absolute atomic E-state index is 12.1. The Morgan fingerprint density at radius 2 is 1.93 bits per heavy atom. The van der Waals surface area contributed by atoms with Crippen molar-refractivity contribution in [1.82, 2.24) is 20.4 Å². The van der Waals surface area contributed by atoms with Gasteiger partial charge in [-0.25, -0.2) is 4.98 Å². The smallest absolute Gasteiger partial charge is 0.224 e. The first-order valence-electron chi connectivity index (χ1n) is 9.56. The number of carbonyl (C=O) groups is 1. The number of hydrogen-bond donors (Lipinski definition) is 2. The summed E-state index contributed by atoms with van der Waals surface area (Å²) >= 11 is 0. The van der Waals surface area contributed by atoms with Crippen molar-refractivity contribution >= 4 is 17.7 Å². The summed E-state index contributed by atoms with van der Waals surface area (Å²) in [6.07, 6.45) is 3.99. The maximum Gasteiger partial charge on any atom is 0.224 e. The highest BCUT2D eigenvalue weighted by Crippen LogP contribution is 2.19. The van der Waals surface area contributed by atoms with Crippen LogP contribution in [0.3, 0.4) is 0 Å². The molecule has 0 spiro atoms. The van der Waals surface area contributed by atoms with Gasteiger partial charge in [0.25, 0.3) is 0 Å². The Morgan fingerprint density at radius 1 is 1.15 bits per heavy atom. The van der Waals surface area contributed by atoms with Crippen molar-refractivity contribution in [2.45, 2.75) is 46.5 Å². The number of anilines is 2. The van der Waals surface area contributed by atoms with E-state index in [1.165, 1.54) is 19.3 Å². The van der Waals surface area contributed by atoms with Gasteiger partial charge in [-0.05, 0) is 40.0 Å². The van der Waals surface area contributed by atoms with Crippen LogP contribution in [0.4, 0.5) is 11.8 Å². The largest absolute Gasteiger partial charge is 0.361 e. The lowest BCUT2D eigenvalue weighted by molar-refractivity contribution is -0.120. The van der Waals surface area contributed by atoms with E-state index < -0.39 is 0 Å². The van der Waals surface area contributed by atoms with Crippen molar-refractivity contribution in [2.24, 2.45) is 0 Å². The highest BCUT2D eigenvalue weighted by molar-refractivity contribution is 5.79. The fraction of sp³-hybridized carbons (Fsp3) is 0.579. The molecule has 1 aliphatic rings. The van der Waals surface area contributed by atoms with Crippen LogP contribution in [0, 0.1) is 20.8 Å². The molecule has 0 aromatic carbocycles. The molecule has 2 aromatic rings. The standard InChI is InChI=1S/C19H28N6O2/c1-13-11-17(25-9-5-4-6-10-25)23-19(22-13)21-8-7-20-18(26)12-16-14(2)24-27-15(16)3/h11H,4-10,12H2,1-3H3,(H,20,26)(H,21,22,23). The molecule has 3 rings (SSSR count). The highest BCUT2D eigenvalue weighted by atomic mass is 16.5. The van der Waals surface area contributed by atoms with Crippen molar-refractivity contribution in [3.63, 3.8) is 0 Å². The summed E-state index contributed by atoms with van der Waals surface area (Å²) in [5.41, 5.74) is 2.56. The Morgan fingerprint density at radius 3 is 2.63 bits per heavy atom.